The molecule has 0 atom stereocenters. The van der Waals surface area contributed by atoms with Gasteiger partial charge in [-0.2, -0.15) is 0 Å². The lowest BCUT2D eigenvalue weighted by molar-refractivity contribution is -0.142. The Hall–Kier alpha value is -3.35. The number of hydrogen-bond donors (Lipinski definition) is 0. The summed E-state index contributed by atoms with van der Waals surface area (Å²) in [4.78, 5) is 37.6. The van der Waals surface area contributed by atoms with Gasteiger partial charge in [0.15, 0.2) is 6.61 Å². The smallest absolute Gasteiger partial charge is 0.306 e. The molecule has 0 N–H and O–H groups in total. The Bertz CT molecular complexity index is 1150. The summed E-state index contributed by atoms with van der Waals surface area (Å²) in [7, 11) is 1.83. The Labute approximate surface area is 175 Å². The van der Waals surface area contributed by atoms with Crippen molar-refractivity contribution in [2.24, 2.45) is 7.05 Å². The van der Waals surface area contributed by atoms with Gasteiger partial charge in [-0.3, -0.25) is 19.1 Å². The van der Waals surface area contributed by atoms with E-state index in [-0.39, 0.29) is 30.3 Å². The van der Waals surface area contributed by atoms with Gasteiger partial charge in [0.2, 0.25) is 5.78 Å². The van der Waals surface area contributed by atoms with Crippen molar-refractivity contribution < 1.29 is 14.3 Å². The summed E-state index contributed by atoms with van der Waals surface area (Å²) in [6, 6.07) is 11.2. The molecule has 0 spiro atoms. The lowest BCUT2D eigenvalue weighted by atomic mass is 10.1. The average molecular weight is 409 g/mol. The summed E-state index contributed by atoms with van der Waals surface area (Å²) in [5, 5.41) is 0. The fourth-order valence-electron chi connectivity index (χ4n) is 3.70. The molecule has 158 valence electrons. The van der Waals surface area contributed by atoms with E-state index in [1.54, 1.807) is 26.9 Å². The number of benzene rings is 1. The molecule has 0 aliphatic heterocycles. The number of aryl methyl sites for hydroxylation is 1. The second-order valence-corrected chi connectivity index (χ2v) is 7.36. The summed E-state index contributed by atoms with van der Waals surface area (Å²) in [5.41, 5.74) is 3.73. The maximum absolute atomic E-state index is 13.3. The first-order valence-electron chi connectivity index (χ1n) is 10.00. The third-order valence-electron chi connectivity index (χ3n) is 5.30. The van der Waals surface area contributed by atoms with E-state index in [2.05, 4.69) is 0 Å². The van der Waals surface area contributed by atoms with Crippen LogP contribution in [0, 0.1) is 20.8 Å². The highest BCUT2D eigenvalue weighted by Crippen LogP contribution is 2.23. The van der Waals surface area contributed by atoms with Crippen molar-refractivity contribution in [3.05, 3.63) is 69.4 Å². The number of hydrogen-bond acceptors (Lipinski definition) is 4. The van der Waals surface area contributed by atoms with Gasteiger partial charge in [-0.1, -0.05) is 25.1 Å². The Morgan fingerprint density at radius 1 is 1.03 bits per heavy atom. The molecule has 2 heterocycles. The maximum Gasteiger partial charge on any atom is 0.306 e. The first-order valence-corrected chi connectivity index (χ1v) is 10.00. The number of aromatic nitrogens is 3. The fourth-order valence-corrected chi connectivity index (χ4v) is 3.70. The number of Topliss-reactive ketones (excluding diaryl/α,β-unsaturated/α-hetero) is 1. The van der Waals surface area contributed by atoms with Crippen molar-refractivity contribution in [2.45, 2.75) is 40.5 Å². The third kappa shape index (κ3) is 3.75. The summed E-state index contributed by atoms with van der Waals surface area (Å²) in [5.74, 6) is -0.667. The minimum absolute atomic E-state index is 0.170. The van der Waals surface area contributed by atoms with Gasteiger partial charge >= 0.3 is 5.97 Å². The molecule has 7 nitrogen and oxygen atoms in total. The predicted molar refractivity (Wildman–Crippen MR) is 115 cm³/mol. The molecular weight excluding hydrogens is 382 g/mol. The summed E-state index contributed by atoms with van der Waals surface area (Å²) < 4.78 is 10.3. The van der Waals surface area contributed by atoms with Gasteiger partial charge < -0.3 is 9.30 Å². The molecule has 0 radical (unpaired) electrons. The van der Waals surface area contributed by atoms with Gasteiger partial charge in [-0.25, -0.2) is 4.68 Å². The summed E-state index contributed by atoms with van der Waals surface area (Å²) >= 11 is 0. The monoisotopic (exact) mass is 409 g/mol. The molecule has 0 fully saturated rings. The number of esters is 1. The van der Waals surface area contributed by atoms with E-state index in [0.717, 1.165) is 17.1 Å². The van der Waals surface area contributed by atoms with E-state index in [4.69, 9.17) is 4.74 Å². The molecule has 0 amide bonds. The molecule has 3 aromatic rings. The second kappa shape index (κ2) is 8.57. The largest absolute Gasteiger partial charge is 0.457 e. The Morgan fingerprint density at radius 2 is 1.70 bits per heavy atom. The molecule has 2 aromatic heterocycles. The molecule has 0 saturated carbocycles. The molecule has 1 aromatic carbocycles. The van der Waals surface area contributed by atoms with Gasteiger partial charge in [-0.15, -0.1) is 0 Å². The van der Waals surface area contributed by atoms with E-state index >= 15 is 0 Å². The van der Waals surface area contributed by atoms with Crippen LogP contribution in [0.5, 0.6) is 0 Å². The highest BCUT2D eigenvalue weighted by atomic mass is 16.5. The van der Waals surface area contributed by atoms with Crippen LogP contribution in [-0.2, 0) is 16.6 Å². The van der Waals surface area contributed by atoms with Crippen molar-refractivity contribution in [2.75, 3.05) is 6.61 Å². The van der Waals surface area contributed by atoms with Crippen molar-refractivity contribution in [3.8, 4) is 11.4 Å². The van der Waals surface area contributed by atoms with Crippen molar-refractivity contribution in [1.29, 1.82) is 0 Å². The van der Waals surface area contributed by atoms with Gasteiger partial charge in [0.1, 0.15) is 5.69 Å². The minimum Gasteiger partial charge on any atom is -0.457 e. The average Bonchev–Trinajstić information content (AvgIpc) is 3.13. The molecule has 7 heteroatoms. The van der Waals surface area contributed by atoms with Crippen molar-refractivity contribution >= 4 is 11.8 Å². The SMILES string of the molecule is CCCC(=O)OCC(=O)c1cc(C)n(-c2c(C)n(C)n(-c3ccccc3)c2=O)c1C. The van der Waals surface area contributed by atoms with E-state index in [9.17, 15) is 14.4 Å². The lowest BCUT2D eigenvalue weighted by Gasteiger charge is -2.09. The molecule has 0 bridgehead atoms. The number of carbonyl (C=O) groups excluding carboxylic acids is 2. The van der Waals surface area contributed by atoms with Gasteiger partial charge in [0, 0.05) is 30.4 Å². The van der Waals surface area contributed by atoms with Crippen LogP contribution in [-0.4, -0.2) is 32.3 Å². The van der Waals surface area contributed by atoms with Crippen molar-refractivity contribution in [1.82, 2.24) is 13.9 Å². The zero-order valence-electron chi connectivity index (χ0n) is 18.1. The van der Waals surface area contributed by atoms with Gasteiger partial charge in [0.05, 0.1) is 11.4 Å². The molecule has 0 saturated heterocycles. The van der Waals surface area contributed by atoms with E-state index in [1.807, 2.05) is 58.2 Å². The quantitative estimate of drug-likeness (QED) is 0.443. The normalized spacial score (nSPS) is 11.0. The van der Waals surface area contributed by atoms with Crippen LogP contribution in [0.2, 0.25) is 0 Å². The Morgan fingerprint density at radius 3 is 2.33 bits per heavy atom. The first-order chi connectivity index (χ1) is 14.3. The van der Waals surface area contributed by atoms with Gasteiger partial charge in [-0.05, 0) is 45.4 Å². The number of rotatable bonds is 7. The molecule has 3 rings (SSSR count). The van der Waals surface area contributed by atoms with E-state index < -0.39 is 0 Å². The van der Waals surface area contributed by atoms with E-state index in [1.165, 1.54) is 0 Å². The highest BCUT2D eigenvalue weighted by molar-refractivity contribution is 5.99. The Balaban J connectivity index is 2.03. The zero-order chi connectivity index (χ0) is 22.0. The van der Waals surface area contributed by atoms with Crippen LogP contribution in [0.4, 0.5) is 0 Å². The molecular formula is C23H27N3O4. The predicted octanol–water partition coefficient (Wildman–Crippen LogP) is 3.42. The number of para-hydroxylation sites is 1. The van der Waals surface area contributed by atoms with Crippen LogP contribution in [0.1, 0.15) is 47.2 Å². The number of ether oxygens (including phenoxy) is 1. The third-order valence-corrected chi connectivity index (χ3v) is 5.30. The van der Waals surface area contributed by atoms with Crippen LogP contribution in [0.25, 0.3) is 11.4 Å². The van der Waals surface area contributed by atoms with Crippen LogP contribution >= 0.6 is 0 Å². The summed E-state index contributed by atoms with van der Waals surface area (Å²) in [6.45, 7) is 7.10. The molecule has 0 aliphatic carbocycles. The number of carbonyl (C=O) groups is 2. The number of ketones is 1. The Kier molecular flexibility index (Phi) is 6.10. The van der Waals surface area contributed by atoms with Gasteiger partial charge in [0.25, 0.3) is 5.56 Å². The molecule has 0 aliphatic rings. The van der Waals surface area contributed by atoms with Crippen LogP contribution < -0.4 is 5.56 Å². The zero-order valence-corrected chi connectivity index (χ0v) is 18.1. The van der Waals surface area contributed by atoms with Crippen LogP contribution in [0.3, 0.4) is 0 Å². The molecule has 30 heavy (non-hydrogen) atoms. The highest BCUT2D eigenvalue weighted by Gasteiger charge is 2.24. The summed E-state index contributed by atoms with van der Waals surface area (Å²) in [6.07, 6.45) is 0.955. The fraction of sp³-hybridized carbons (Fsp3) is 0.348. The second-order valence-electron chi connectivity index (χ2n) is 7.36. The topological polar surface area (TPSA) is 75.2 Å². The van der Waals surface area contributed by atoms with Crippen molar-refractivity contribution in [3.63, 3.8) is 0 Å². The number of nitrogens with zero attached hydrogens (tertiary/aromatic N) is 3. The first kappa shape index (κ1) is 21.4. The molecule has 0 unspecified atom stereocenters. The lowest BCUT2D eigenvalue weighted by Crippen LogP contribution is -2.22. The van der Waals surface area contributed by atoms with E-state index in [0.29, 0.717) is 23.4 Å². The van der Waals surface area contributed by atoms with Crippen LogP contribution in [0.15, 0.2) is 41.2 Å². The maximum atomic E-state index is 13.3. The standard InChI is InChI=1S/C23H27N3O4/c1-6-10-21(28)30-14-20(27)19-13-15(2)25(16(19)3)22-17(4)24(5)26(23(22)29)18-11-8-7-9-12-18/h7-9,11-13H,6,10,14H2,1-5H3. The minimum atomic E-state index is -0.385.